The first-order valence-corrected chi connectivity index (χ1v) is 8.91. The largest absolute Gasteiger partial charge is 0.503 e. The number of amides is 1. The second-order valence-corrected chi connectivity index (χ2v) is 6.68. The van der Waals surface area contributed by atoms with Crippen LogP contribution >= 0.6 is 11.3 Å². The number of carbonyl (C=O) groups is 2. The van der Waals surface area contributed by atoms with Gasteiger partial charge in [-0.15, -0.1) is 11.3 Å². The molecule has 26 heavy (non-hydrogen) atoms. The van der Waals surface area contributed by atoms with Gasteiger partial charge in [0.2, 0.25) is 5.78 Å². The van der Waals surface area contributed by atoms with Crippen LogP contribution in [0.15, 0.2) is 53.1 Å². The predicted molar refractivity (Wildman–Crippen MR) is 97.6 cm³/mol. The maximum Gasteiger partial charge on any atom is 0.290 e. The maximum atomic E-state index is 12.9. The summed E-state index contributed by atoms with van der Waals surface area (Å²) < 4.78 is 10.3. The highest BCUT2D eigenvalue weighted by Crippen LogP contribution is 2.39. The monoisotopic (exact) mass is 373 g/mol. The van der Waals surface area contributed by atoms with E-state index in [1.54, 1.807) is 48.9 Å². The molecule has 1 amide bonds. The molecular formula is C19H19NO5S. The van der Waals surface area contributed by atoms with Crippen LogP contribution in [0.2, 0.25) is 0 Å². The van der Waals surface area contributed by atoms with Gasteiger partial charge in [0.25, 0.3) is 5.91 Å². The molecule has 136 valence electrons. The van der Waals surface area contributed by atoms with Gasteiger partial charge in [-0.1, -0.05) is 18.2 Å². The Bertz CT molecular complexity index is 826. The molecule has 2 aromatic rings. The van der Waals surface area contributed by atoms with Crippen LogP contribution in [-0.4, -0.2) is 49.1 Å². The van der Waals surface area contributed by atoms with Crippen molar-refractivity contribution >= 4 is 23.0 Å². The first kappa shape index (κ1) is 18.2. The summed E-state index contributed by atoms with van der Waals surface area (Å²) in [5.41, 5.74) is 0.818. The van der Waals surface area contributed by atoms with Gasteiger partial charge in [0.1, 0.15) is 5.75 Å². The zero-order valence-corrected chi connectivity index (χ0v) is 15.3. The predicted octanol–water partition coefficient (Wildman–Crippen LogP) is 2.98. The molecule has 1 aliphatic heterocycles. The van der Waals surface area contributed by atoms with Crippen LogP contribution in [0, 0.1) is 0 Å². The number of hydrogen-bond acceptors (Lipinski definition) is 6. The van der Waals surface area contributed by atoms with Crippen LogP contribution in [0.4, 0.5) is 0 Å². The molecule has 0 fully saturated rings. The van der Waals surface area contributed by atoms with Crippen molar-refractivity contribution in [1.29, 1.82) is 0 Å². The van der Waals surface area contributed by atoms with E-state index in [1.807, 2.05) is 0 Å². The van der Waals surface area contributed by atoms with E-state index in [0.29, 0.717) is 17.2 Å². The van der Waals surface area contributed by atoms with Gasteiger partial charge in [0.05, 0.1) is 30.2 Å². The number of rotatable bonds is 7. The standard InChI is InChI=1S/C19H19NO5S/c1-24-10-9-20-16(12-5-7-13(25-2)8-6-12)15(18(22)19(20)23)17(21)14-4-3-11-26-14/h3-8,11,16,22H,9-10H2,1-2H3/t16-/m1/s1. The van der Waals surface area contributed by atoms with E-state index < -0.39 is 17.7 Å². The Kier molecular flexibility index (Phi) is 5.39. The smallest absolute Gasteiger partial charge is 0.290 e. The average Bonchev–Trinajstić information content (AvgIpc) is 3.28. The lowest BCUT2D eigenvalue weighted by molar-refractivity contribution is -0.130. The molecule has 0 saturated carbocycles. The number of aliphatic hydroxyl groups is 1. The summed E-state index contributed by atoms with van der Waals surface area (Å²) in [6.07, 6.45) is 0. The average molecular weight is 373 g/mol. The molecule has 1 atom stereocenters. The summed E-state index contributed by atoms with van der Waals surface area (Å²) in [5, 5.41) is 12.2. The summed E-state index contributed by atoms with van der Waals surface area (Å²) in [5.74, 6) is -0.740. The van der Waals surface area contributed by atoms with E-state index in [0.717, 1.165) is 5.56 Å². The van der Waals surface area contributed by atoms with Gasteiger partial charge in [0.15, 0.2) is 5.76 Å². The lowest BCUT2D eigenvalue weighted by Gasteiger charge is -2.26. The topological polar surface area (TPSA) is 76.1 Å². The SMILES string of the molecule is COCCN1C(=O)C(O)=C(C(=O)c2cccs2)[C@H]1c1ccc(OC)cc1. The minimum atomic E-state index is -0.668. The van der Waals surface area contributed by atoms with Gasteiger partial charge >= 0.3 is 0 Å². The van der Waals surface area contributed by atoms with Crippen molar-refractivity contribution in [3.05, 3.63) is 63.6 Å². The molecule has 0 spiro atoms. The molecule has 0 radical (unpaired) electrons. The quantitative estimate of drug-likeness (QED) is 0.755. The lowest BCUT2D eigenvalue weighted by Crippen LogP contribution is -2.33. The van der Waals surface area contributed by atoms with Crippen LogP contribution in [0.1, 0.15) is 21.3 Å². The number of ketones is 1. The zero-order valence-electron chi connectivity index (χ0n) is 14.5. The van der Waals surface area contributed by atoms with Crippen molar-refractivity contribution in [3.8, 4) is 5.75 Å². The molecule has 1 aromatic carbocycles. The summed E-state index contributed by atoms with van der Waals surface area (Å²) in [7, 11) is 3.10. The molecule has 0 aliphatic carbocycles. The third kappa shape index (κ3) is 3.23. The molecular weight excluding hydrogens is 354 g/mol. The summed E-state index contributed by atoms with van der Waals surface area (Å²) in [4.78, 5) is 27.5. The van der Waals surface area contributed by atoms with E-state index in [9.17, 15) is 14.7 Å². The molecule has 1 aliphatic rings. The van der Waals surface area contributed by atoms with Crippen molar-refractivity contribution in [1.82, 2.24) is 4.90 Å². The van der Waals surface area contributed by atoms with Crippen LogP contribution in [-0.2, 0) is 9.53 Å². The Morgan fingerprint density at radius 2 is 1.96 bits per heavy atom. The number of methoxy groups -OCH3 is 2. The van der Waals surface area contributed by atoms with Crippen LogP contribution in [0.5, 0.6) is 5.75 Å². The van der Waals surface area contributed by atoms with Crippen LogP contribution in [0.25, 0.3) is 0 Å². The highest BCUT2D eigenvalue weighted by atomic mass is 32.1. The number of thiophene rings is 1. The first-order chi connectivity index (χ1) is 12.6. The second-order valence-electron chi connectivity index (χ2n) is 5.74. The van der Waals surface area contributed by atoms with Gasteiger partial charge in [-0.2, -0.15) is 0 Å². The molecule has 3 rings (SSSR count). The first-order valence-electron chi connectivity index (χ1n) is 8.03. The Morgan fingerprint density at radius 1 is 1.23 bits per heavy atom. The third-order valence-electron chi connectivity index (χ3n) is 4.26. The van der Waals surface area contributed by atoms with Crippen molar-refractivity contribution in [3.63, 3.8) is 0 Å². The molecule has 0 unspecified atom stereocenters. The Morgan fingerprint density at radius 3 is 2.54 bits per heavy atom. The van der Waals surface area contributed by atoms with E-state index in [1.165, 1.54) is 23.3 Å². The van der Waals surface area contributed by atoms with Crippen LogP contribution in [0.3, 0.4) is 0 Å². The lowest BCUT2D eigenvalue weighted by atomic mass is 9.95. The van der Waals surface area contributed by atoms with Gasteiger partial charge in [-0.3, -0.25) is 9.59 Å². The Hall–Kier alpha value is -2.64. The number of carbonyl (C=O) groups excluding carboxylic acids is 2. The Balaban J connectivity index is 2.05. The molecule has 2 heterocycles. The molecule has 0 saturated heterocycles. The van der Waals surface area contributed by atoms with Crippen molar-refractivity contribution in [2.24, 2.45) is 0 Å². The van der Waals surface area contributed by atoms with E-state index >= 15 is 0 Å². The number of benzene rings is 1. The fraction of sp³-hybridized carbons (Fsp3) is 0.263. The molecule has 1 N–H and O–H groups in total. The van der Waals surface area contributed by atoms with Crippen molar-refractivity contribution < 1.29 is 24.2 Å². The van der Waals surface area contributed by atoms with Gasteiger partial charge < -0.3 is 19.5 Å². The highest BCUT2D eigenvalue weighted by Gasteiger charge is 2.43. The Labute approximate surface area is 155 Å². The minimum Gasteiger partial charge on any atom is -0.503 e. The number of Topliss-reactive ketones (excluding diaryl/α,β-unsaturated/α-hetero) is 1. The summed E-state index contributed by atoms with van der Waals surface area (Å²) >= 11 is 1.27. The highest BCUT2D eigenvalue weighted by molar-refractivity contribution is 7.12. The van der Waals surface area contributed by atoms with Gasteiger partial charge in [0, 0.05) is 13.7 Å². The molecule has 6 nitrogen and oxygen atoms in total. The number of hydrogen-bond donors (Lipinski definition) is 1. The van der Waals surface area contributed by atoms with Crippen molar-refractivity contribution in [2.45, 2.75) is 6.04 Å². The fourth-order valence-corrected chi connectivity index (χ4v) is 3.66. The molecule has 7 heteroatoms. The fourth-order valence-electron chi connectivity index (χ4n) is 2.98. The summed E-state index contributed by atoms with van der Waals surface area (Å²) in [6.45, 7) is 0.559. The molecule has 0 bridgehead atoms. The second kappa shape index (κ2) is 7.72. The van der Waals surface area contributed by atoms with Gasteiger partial charge in [-0.25, -0.2) is 0 Å². The van der Waals surface area contributed by atoms with E-state index in [2.05, 4.69) is 0 Å². The number of nitrogens with zero attached hydrogens (tertiary/aromatic N) is 1. The van der Waals surface area contributed by atoms with Gasteiger partial charge in [-0.05, 0) is 29.1 Å². The third-order valence-corrected chi connectivity index (χ3v) is 5.13. The van der Waals surface area contributed by atoms with Crippen LogP contribution < -0.4 is 4.74 Å². The van der Waals surface area contributed by atoms with E-state index in [-0.39, 0.29) is 17.9 Å². The molecule has 1 aromatic heterocycles. The van der Waals surface area contributed by atoms with Crippen molar-refractivity contribution in [2.75, 3.05) is 27.4 Å². The number of ether oxygens (including phenoxy) is 2. The van der Waals surface area contributed by atoms with E-state index in [4.69, 9.17) is 9.47 Å². The maximum absolute atomic E-state index is 12.9. The normalized spacial score (nSPS) is 17.1. The number of aliphatic hydroxyl groups excluding tert-OH is 1. The summed E-state index contributed by atoms with van der Waals surface area (Å²) in [6, 6.07) is 9.87. The zero-order chi connectivity index (χ0) is 18.7. The minimum absolute atomic E-state index is 0.0960.